The molecule has 128 valence electrons. The first kappa shape index (κ1) is 14.6. The van der Waals surface area contributed by atoms with Gasteiger partial charge in [0.15, 0.2) is 0 Å². The van der Waals surface area contributed by atoms with E-state index >= 15 is 0 Å². The number of hydrogen-bond donors (Lipinski definition) is 0. The summed E-state index contributed by atoms with van der Waals surface area (Å²) >= 11 is 0. The first-order chi connectivity index (χ1) is 11.7. The monoisotopic (exact) mass is 329 g/mol. The van der Waals surface area contributed by atoms with Gasteiger partial charge in [-0.3, -0.25) is 9.58 Å². The highest BCUT2D eigenvalue weighted by atomic mass is 16.5. The molecular formula is C17H23N5O2. The lowest BCUT2D eigenvalue weighted by Crippen LogP contribution is -2.41. The minimum absolute atomic E-state index is 0.0154. The van der Waals surface area contributed by atoms with Gasteiger partial charge in [-0.05, 0) is 38.1 Å². The van der Waals surface area contributed by atoms with Gasteiger partial charge >= 0.3 is 0 Å². The van der Waals surface area contributed by atoms with E-state index in [4.69, 9.17) is 9.15 Å². The zero-order valence-electron chi connectivity index (χ0n) is 14.0. The summed E-state index contributed by atoms with van der Waals surface area (Å²) in [6.07, 6.45) is 8.84. The van der Waals surface area contributed by atoms with Crippen LogP contribution in [0.15, 0.2) is 16.8 Å². The first-order valence-electron chi connectivity index (χ1n) is 8.93. The fourth-order valence-corrected chi connectivity index (χ4v) is 3.98. The van der Waals surface area contributed by atoms with Gasteiger partial charge in [-0.25, -0.2) is 0 Å². The van der Waals surface area contributed by atoms with E-state index in [9.17, 15) is 0 Å². The van der Waals surface area contributed by atoms with E-state index in [1.54, 1.807) is 0 Å². The molecule has 0 bridgehead atoms. The fraction of sp³-hybridized carbons (Fsp3) is 0.706. The van der Waals surface area contributed by atoms with Crippen LogP contribution in [0.1, 0.15) is 55.1 Å². The minimum atomic E-state index is -0.0154. The number of nitrogens with zero attached hydrogens (tertiary/aromatic N) is 5. The predicted octanol–water partition coefficient (Wildman–Crippen LogP) is 2.03. The van der Waals surface area contributed by atoms with Crippen LogP contribution in [-0.2, 0) is 18.3 Å². The Kier molecular flexibility index (Phi) is 3.45. The molecule has 5 rings (SSSR count). The summed E-state index contributed by atoms with van der Waals surface area (Å²) in [5.41, 5.74) is 1.26. The molecule has 0 N–H and O–H groups in total. The van der Waals surface area contributed by atoms with Crippen molar-refractivity contribution in [3.8, 4) is 0 Å². The molecule has 1 saturated carbocycles. The number of rotatable bonds is 4. The predicted molar refractivity (Wildman–Crippen MR) is 85.1 cm³/mol. The van der Waals surface area contributed by atoms with Crippen molar-refractivity contribution < 1.29 is 9.15 Å². The quantitative estimate of drug-likeness (QED) is 0.855. The molecule has 2 saturated heterocycles. The molecule has 2 aromatic rings. The SMILES string of the molecule is Cn1cc(CN2CC[C@H]3C[C@@H](c4nnc(C5CC5)o4)O[C@@H]3C2)cn1. The number of fused-ring (bicyclic) bond motifs is 1. The van der Waals surface area contributed by atoms with E-state index in [-0.39, 0.29) is 12.2 Å². The molecule has 0 unspecified atom stereocenters. The number of hydrogen-bond acceptors (Lipinski definition) is 6. The van der Waals surface area contributed by atoms with Crippen molar-refractivity contribution in [2.75, 3.05) is 13.1 Å². The molecule has 4 heterocycles. The van der Waals surface area contributed by atoms with Gasteiger partial charge in [-0.2, -0.15) is 5.10 Å². The summed E-state index contributed by atoms with van der Waals surface area (Å²) in [5.74, 6) is 2.60. The van der Waals surface area contributed by atoms with Crippen LogP contribution in [-0.4, -0.2) is 44.1 Å². The van der Waals surface area contributed by atoms with E-state index in [0.717, 1.165) is 31.9 Å². The molecular weight excluding hydrogens is 306 g/mol. The molecule has 3 atom stereocenters. The van der Waals surface area contributed by atoms with Gasteiger partial charge in [0.1, 0.15) is 6.10 Å². The summed E-state index contributed by atoms with van der Waals surface area (Å²) in [6.45, 7) is 3.03. The van der Waals surface area contributed by atoms with Gasteiger partial charge < -0.3 is 9.15 Å². The number of aromatic nitrogens is 4. The Morgan fingerprint density at radius 3 is 2.88 bits per heavy atom. The molecule has 0 aromatic carbocycles. The van der Waals surface area contributed by atoms with E-state index in [1.807, 2.05) is 17.9 Å². The van der Waals surface area contributed by atoms with Crippen LogP contribution < -0.4 is 0 Å². The molecule has 24 heavy (non-hydrogen) atoms. The Labute approximate surface area is 141 Å². The third-order valence-corrected chi connectivity index (χ3v) is 5.46. The second kappa shape index (κ2) is 5.67. The Balaban J connectivity index is 1.22. The fourth-order valence-electron chi connectivity index (χ4n) is 3.98. The lowest BCUT2D eigenvalue weighted by molar-refractivity contribution is -0.0177. The number of likely N-dealkylation sites (tertiary alicyclic amines) is 1. The second-order valence-electron chi connectivity index (χ2n) is 7.46. The van der Waals surface area contributed by atoms with Gasteiger partial charge in [-0.1, -0.05) is 0 Å². The maximum Gasteiger partial charge on any atom is 0.245 e. The van der Waals surface area contributed by atoms with Gasteiger partial charge in [0, 0.05) is 37.8 Å². The summed E-state index contributed by atoms with van der Waals surface area (Å²) in [5, 5.41) is 12.7. The summed E-state index contributed by atoms with van der Waals surface area (Å²) < 4.78 is 14.0. The Bertz CT molecular complexity index is 722. The first-order valence-corrected chi connectivity index (χ1v) is 8.93. The zero-order valence-corrected chi connectivity index (χ0v) is 14.0. The Hall–Kier alpha value is -1.73. The van der Waals surface area contributed by atoms with Crippen molar-refractivity contribution in [1.29, 1.82) is 0 Å². The van der Waals surface area contributed by atoms with Gasteiger partial charge in [0.05, 0.1) is 12.3 Å². The van der Waals surface area contributed by atoms with Crippen LogP contribution in [0.2, 0.25) is 0 Å². The smallest absolute Gasteiger partial charge is 0.245 e. The average Bonchev–Trinajstić information content (AvgIpc) is 2.98. The van der Waals surface area contributed by atoms with Crippen LogP contribution in [0.3, 0.4) is 0 Å². The highest BCUT2D eigenvalue weighted by Crippen LogP contribution is 2.43. The average molecular weight is 329 g/mol. The maximum atomic E-state index is 6.28. The zero-order chi connectivity index (χ0) is 16.1. The summed E-state index contributed by atoms with van der Waals surface area (Å²) in [4.78, 5) is 2.46. The van der Waals surface area contributed by atoms with Crippen molar-refractivity contribution >= 4 is 0 Å². The third kappa shape index (κ3) is 2.75. The lowest BCUT2D eigenvalue weighted by atomic mass is 9.91. The Morgan fingerprint density at radius 1 is 1.21 bits per heavy atom. The topological polar surface area (TPSA) is 69.2 Å². The molecule has 7 heteroatoms. The molecule has 0 radical (unpaired) electrons. The van der Waals surface area contributed by atoms with E-state index in [2.05, 4.69) is 26.4 Å². The molecule has 3 aliphatic rings. The lowest BCUT2D eigenvalue weighted by Gasteiger charge is -2.33. The molecule has 0 amide bonds. The normalized spacial score (nSPS) is 30.6. The van der Waals surface area contributed by atoms with Crippen LogP contribution >= 0.6 is 0 Å². The Morgan fingerprint density at radius 2 is 2.08 bits per heavy atom. The summed E-state index contributed by atoms with van der Waals surface area (Å²) in [7, 11) is 1.96. The number of ether oxygens (including phenoxy) is 1. The van der Waals surface area contributed by atoms with Crippen molar-refractivity contribution in [3.05, 3.63) is 29.7 Å². The van der Waals surface area contributed by atoms with Crippen molar-refractivity contribution in [2.45, 2.75) is 50.4 Å². The second-order valence-corrected chi connectivity index (χ2v) is 7.46. The molecule has 7 nitrogen and oxygen atoms in total. The highest BCUT2D eigenvalue weighted by Gasteiger charge is 2.42. The van der Waals surface area contributed by atoms with Gasteiger partial charge in [0.25, 0.3) is 0 Å². The standard InChI is InChI=1S/C17H23N5O2/c1-21-8-11(7-18-21)9-22-5-4-13-6-14(23-15(13)10-22)17-20-19-16(24-17)12-2-3-12/h7-8,12-15H,2-6,9-10H2,1H3/t13-,14-,15+/m0/s1. The molecule has 1 aliphatic carbocycles. The maximum absolute atomic E-state index is 6.28. The van der Waals surface area contributed by atoms with Gasteiger partial charge in [0.2, 0.25) is 11.8 Å². The molecule has 0 spiro atoms. The van der Waals surface area contributed by atoms with Crippen LogP contribution in [0.25, 0.3) is 0 Å². The molecule has 3 fully saturated rings. The minimum Gasteiger partial charge on any atom is -0.422 e. The van der Waals surface area contributed by atoms with Crippen LogP contribution in [0, 0.1) is 5.92 Å². The van der Waals surface area contributed by atoms with Crippen LogP contribution in [0.5, 0.6) is 0 Å². The third-order valence-electron chi connectivity index (χ3n) is 5.46. The van der Waals surface area contributed by atoms with Crippen molar-refractivity contribution in [2.24, 2.45) is 13.0 Å². The van der Waals surface area contributed by atoms with Crippen molar-refractivity contribution in [1.82, 2.24) is 24.9 Å². The van der Waals surface area contributed by atoms with E-state index in [0.29, 0.717) is 17.7 Å². The van der Waals surface area contributed by atoms with Gasteiger partial charge in [-0.15, -0.1) is 10.2 Å². The number of piperidine rings is 1. The largest absolute Gasteiger partial charge is 0.422 e. The van der Waals surface area contributed by atoms with E-state index < -0.39 is 0 Å². The van der Waals surface area contributed by atoms with E-state index in [1.165, 1.54) is 24.8 Å². The number of aryl methyl sites for hydroxylation is 1. The highest BCUT2D eigenvalue weighted by molar-refractivity contribution is 5.05. The molecule has 2 aliphatic heterocycles. The molecule has 2 aromatic heterocycles. The summed E-state index contributed by atoms with van der Waals surface area (Å²) in [6, 6.07) is 0. The van der Waals surface area contributed by atoms with Crippen LogP contribution in [0.4, 0.5) is 0 Å². The van der Waals surface area contributed by atoms with Crippen molar-refractivity contribution in [3.63, 3.8) is 0 Å².